The standard InChI is InChI=1S/C20H33N3O2/c1-16(13-25-18-10-11-24-14-18)23-19(21-4)22-15-20(2,3)12-17-8-6-5-7-9-17/h5-9,16,18H,10-15H2,1-4H3,(H2,21,22,23). The van der Waals surface area contributed by atoms with Gasteiger partial charge in [-0.3, -0.25) is 4.99 Å². The van der Waals surface area contributed by atoms with Gasteiger partial charge in [0.15, 0.2) is 5.96 Å². The molecule has 140 valence electrons. The topological polar surface area (TPSA) is 54.9 Å². The predicted octanol–water partition coefficient (Wildman–Crippen LogP) is 2.61. The second-order valence-electron chi connectivity index (χ2n) is 7.62. The highest BCUT2D eigenvalue weighted by Crippen LogP contribution is 2.20. The summed E-state index contributed by atoms with van der Waals surface area (Å²) in [4.78, 5) is 4.33. The fraction of sp³-hybridized carbons (Fsp3) is 0.650. The first-order valence-electron chi connectivity index (χ1n) is 9.19. The molecular weight excluding hydrogens is 314 g/mol. The largest absolute Gasteiger partial charge is 0.379 e. The van der Waals surface area contributed by atoms with Crippen LogP contribution < -0.4 is 10.6 Å². The van der Waals surface area contributed by atoms with Crippen molar-refractivity contribution in [3.05, 3.63) is 35.9 Å². The highest BCUT2D eigenvalue weighted by Gasteiger charge is 2.20. The van der Waals surface area contributed by atoms with E-state index in [9.17, 15) is 0 Å². The monoisotopic (exact) mass is 347 g/mol. The van der Waals surface area contributed by atoms with Crippen molar-refractivity contribution in [2.75, 3.05) is 33.4 Å². The number of nitrogens with one attached hydrogen (secondary N) is 2. The van der Waals surface area contributed by atoms with Gasteiger partial charge in [0, 0.05) is 26.2 Å². The summed E-state index contributed by atoms with van der Waals surface area (Å²) in [6, 6.07) is 10.8. The van der Waals surface area contributed by atoms with Crippen LogP contribution in [-0.4, -0.2) is 51.5 Å². The second-order valence-corrected chi connectivity index (χ2v) is 7.62. The molecule has 1 aromatic carbocycles. The van der Waals surface area contributed by atoms with Gasteiger partial charge < -0.3 is 20.1 Å². The average molecular weight is 348 g/mol. The zero-order chi connectivity index (χ0) is 18.1. The van der Waals surface area contributed by atoms with Crippen LogP contribution in [0.4, 0.5) is 0 Å². The Balaban J connectivity index is 1.72. The van der Waals surface area contributed by atoms with Crippen LogP contribution in [0.15, 0.2) is 35.3 Å². The quantitative estimate of drug-likeness (QED) is 0.561. The highest BCUT2D eigenvalue weighted by molar-refractivity contribution is 5.79. The Bertz CT molecular complexity index is 525. The van der Waals surface area contributed by atoms with Crippen LogP contribution in [0.5, 0.6) is 0 Å². The zero-order valence-corrected chi connectivity index (χ0v) is 16.0. The van der Waals surface area contributed by atoms with E-state index in [0.29, 0.717) is 13.2 Å². The Kier molecular flexibility index (Phi) is 7.72. The van der Waals surface area contributed by atoms with Gasteiger partial charge in [0.1, 0.15) is 0 Å². The molecule has 0 radical (unpaired) electrons. The van der Waals surface area contributed by atoms with Crippen LogP contribution in [0, 0.1) is 5.41 Å². The summed E-state index contributed by atoms with van der Waals surface area (Å²) in [5, 5.41) is 6.85. The molecule has 0 saturated carbocycles. The van der Waals surface area contributed by atoms with Gasteiger partial charge in [0.25, 0.3) is 0 Å². The van der Waals surface area contributed by atoms with Crippen LogP contribution in [-0.2, 0) is 15.9 Å². The van der Waals surface area contributed by atoms with Gasteiger partial charge in [-0.25, -0.2) is 0 Å². The van der Waals surface area contributed by atoms with Crippen molar-refractivity contribution in [2.45, 2.75) is 45.8 Å². The maximum absolute atomic E-state index is 5.86. The molecule has 0 spiro atoms. The van der Waals surface area contributed by atoms with Crippen molar-refractivity contribution in [2.24, 2.45) is 10.4 Å². The fourth-order valence-electron chi connectivity index (χ4n) is 2.93. The number of ether oxygens (including phenoxy) is 2. The van der Waals surface area contributed by atoms with Crippen LogP contribution in [0.3, 0.4) is 0 Å². The van der Waals surface area contributed by atoms with Crippen LogP contribution in [0.25, 0.3) is 0 Å². The molecule has 2 N–H and O–H groups in total. The Morgan fingerprint density at radius 3 is 2.76 bits per heavy atom. The first-order chi connectivity index (χ1) is 12.0. The molecule has 0 aliphatic carbocycles. The van der Waals surface area contributed by atoms with E-state index in [-0.39, 0.29) is 17.6 Å². The van der Waals surface area contributed by atoms with E-state index in [1.54, 1.807) is 7.05 Å². The third kappa shape index (κ3) is 7.45. The van der Waals surface area contributed by atoms with Crippen LogP contribution >= 0.6 is 0 Å². The summed E-state index contributed by atoms with van der Waals surface area (Å²) in [6.45, 7) is 9.69. The molecule has 2 unspecified atom stereocenters. The van der Waals surface area contributed by atoms with E-state index in [1.165, 1.54) is 5.56 Å². The van der Waals surface area contributed by atoms with Gasteiger partial charge in [-0.15, -0.1) is 0 Å². The van der Waals surface area contributed by atoms with Crippen LogP contribution in [0.2, 0.25) is 0 Å². The summed E-state index contributed by atoms with van der Waals surface area (Å²) in [6.07, 6.45) is 2.26. The van der Waals surface area contributed by atoms with E-state index >= 15 is 0 Å². The molecule has 1 fully saturated rings. The van der Waals surface area contributed by atoms with E-state index in [2.05, 4.69) is 66.7 Å². The van der Waals surface area contributed by atoms with Crippen molar-refractivity contribution in [3.8, 4) is 0 Å². The molecule has 0 bridgehead atoms. The summed E-state index contributed by atoms with van der Waals surface area (Å²) < 4.78 is 11.2. The molecule has 2 atom stereocenters. The summed E-state index contributed by atoms with van der Waals surface area (Å²) in [5.41, 5.74) is 1.50. The predicted molar refractivity (Wildman–Crippen MR) is 103 cm³/mol. The minimum atomic E-state index is 0.139. The maximum atomic E-state index is 5.86. The van der Waals surface area contributed by atoms with Gasteiger partial charge in [-0.2, -0.15) is 0 Å². The Morgan fingerprint density at radius 1 is 1.36 bits per heavy atom. The van der Waals surface area contributed by atoms with Crippen molar-refractivity contribution in [1.29, 1.82) is 0 Å². The Labute approximate surface area is 152 Å². The van der Waals surface area contributed by atoms with Crippen molar-refractivity contribution >= 4 is 5.96 Å². The van der Waals surface area contributed by atoms with Crippen LogP contribution in [0.1, 0.15) is 32.8 Å². The van der Waals surface area contributed by atoms with Crippen molar-refractivity contribution in [1.82, 2.24) is 10.6 Å². The van der Waals surface area contributed by atoms with Gasteiger partial charge in [0.05, 0.1) is 19.3 Å². The van der Waals surface area contributed by atoms with E-state index in [0.717, 1.165) is 32.0 Å². The Morgan fingerprint density at radius 2 is 2.12 bits per heavy atom. The lowest BCUT2D eigenvalue weighted by Crippen LogP contribution is -2.47. The smallest absolute Gasteiger partial charge is 0.191 e. The van der Waals surface area contributed by atoms with E-state index in [1.807, 2.05) is 0 Å². The number of benzene rings is 1. The molecule has 5 heteroatoms. The third-order valence-electron chi connectivity index (χ3n) is 4.34. The molecule has 5 nitrogen and oxygen atoms in total. The number of nitrogens with zero attached hydrogens (tertiary/aromatic N) is 1. The van der Waals surface area contributed by atoms with Gasteiger partial charge in [0.2, 0.25) is 0 Å². The number of aliphatic imine (C=N–C) groups is 1. The minimum Gasteiger partial charge on any atom is -0.379 e. The molecule has 0 aromatic heterocycles. The fourth-order valence-corrected chi connectivity index (χ4v) is 2.93. The molecular formula is C20H33N3O2. The molecule has 1 heterocycles. The third-order valence-corrected chi connectivity index (χ3v) is 4.34. The molecule has 25 heavy (non-hydrogen) atoms. The average Bonchev–Trinajstić information content (AvgIpc) is 3.11. The van der Waals surface area contributed by atoms with Crippen molar-refractivity contribution in [3.63, 3.8) is 0 Å². The van der Waals surface area contributed by atoms with Gasteiger partial charge >= 0.3 is 0 Å². The normalized spacial score (nSPS) is 19.7. The second kappa shape index (κ2) is 9.78. The number of rotatable bonds is 8. The lowest BCUT2D eigenvalue weighted by Gasteiger charge is -2.27. The molecule has 2 rings (SSSR count). The van der Waals surface area contributed by atoms with Gasteiger partial charge in [-0.05, 0) is 30.7 Å². The lowest BCUT2D eigenvalue weighted by atomic mass is 9.86. The number of hydrogen-bond donors (Lipinski definition) is 2. The Hall–Kier alpha value is -1.59. The van der Waals surface area contributed by atoms with E-state index in [4.69, 9.17) is 9.47 Å². The first-order valence-corrected chi connectivity index (χ1v) is 9.19. The SMILES string of the molecule is CN=C(NCC(C)(C)Cc1ccccc1)NC(C)COC1CCOC1. The molecule has 1 saturated heterocycles. The lowest BCUT2D eigenvalue weighted by molar-refractivity contribution is 0.0347. The maximum Gasteiger partial charge on any atom is 0.191 e. The van der Waals surface area contributed by atoms with Crippen molar-refractivity contribution < 1.29 is 9.47 Å². The summed E-state index contributed by atoms with van der Waals surface area (Å²) in [5.74, 6) is 0.819. The molecule has 1 aliphatic heterocycles. The minimum absolute atomic E-state index is 0.139. The molecule has 0 amide bonds. The van der Waals surface area contributed by atoms with E-state index < -0.39 is 0 Å². The molecule has 1 aliphatic rings. The summed E-state index contributed by atoms with van der Waals surface area (Å²) >= 11 is 0. The first kappa shape index (κ1) is 19.7. The zero-order valence-electron chi connectivity index (χ0n) is 16.0. The number of hydrogen-bond acceptors (Lipinski definition) is 3. The van der Waals surface area contributed by atoms with Gasteiger partial charge in [-0.1, -0.05) is 44.2 Å². The summed E-state index contributed by atoms with van der Waals surface area (Å²) in [7, 11) is 1.80. The molecule has 1 aromatic rings. The highest BCUT2D eigenvalue weighted by atomic mass is 16.5. The number of guanidine groups is 1.